The van der Waals surface area contributed by atoms with Crippen LogP contribution < -0.4 is 5.32 Å². The Balaban J connectivity index is 1.44. The molecule has 0 atom stereocenters. The van der Waals surface area contributed by atoms with Crippen molar-refractivity contribution in [3.8, 4) is 0 Å². The van der Waals surface area contributed by atoms with Gasteiger partial charge in [-0.3, -0.25) is 9.59 Å². The highest BCUT2D eigenvalue weighted by molar-refractivity contribution is 5.94. The summed E-state index contributed by atoms with van der Waals surface area (Å²) in [6, 6.07) is 3.20. The molecule has 3 rings (SSSR count). The normalized spacial score (nSPS) is 15.7. The molecule has 0 saturated carbocycles. The molecule has 1 aliphatic rings. The van der Waals surface area contributed by atoms with Crippen molar-refractivity contribution in [2.24, 2.45) is 5.92 Å². The van der Waals surface area contributed by atoms with Crippen LogP contribution >= 0.6 is 0 Å². The second-order valence-corrected chi connectivity index (χ2v) is 5.34. The highest BCUT2D eigenvalue weighted by Crippen LogP contribution is 2.18. The van der Waals surface area contributed by atoms with Crippen molar-refractivity contribution < 1.29 is 18.5 Å². The molecule has 2 amide bonds. The first-order chi connectivity index (χ1) is 10.7. The van der Waals surface area contributed by atoms with Crippen LogP contribution in [0.4, 0.5) is 0 Å². The summed E-state index contributed by atoms with van der Waals surface area (Å²) in [5.41, 5.74) is 0.866. The number of nitrogens with zero attached hydrogens (tertiary/aromatic N) is 2. The lowest BCUT2D eigenvalue weighted by molar-refractivity contribution is 0.0683. The Morgan fingerprint density at radius 2 is 2.09 bits per heavy atom. The van der Waals surface area contributed by atoms with Crippen LogP contribution in [-0.2, 0) is 0 Å². The van der Waals surface area contributed by atoms with Gasteiger partial charge in [-0.2, -0.15) is 0 Å². The van der Waals surface area contributed by atoms with Gasteiger partial charge in [0.05, 0.1) is 11.8 Å². The van der Waals surface area contributed by atoms with Crippen molar-refractivity contribution in [1.29, 1.82) is 0 Å². The minimum Gasteiger partial charge on any atom is -0.472 e. The minimum atomic E-state index is -0.231. The molecular weight excluding hydrogens is 286 g/mol. The summed E-state index contributed by atoms with van der Waals surface area (Å²) in [7, 11) is 0. The summed E-state index contributed by atoms with van der Waals surface area (Å²) in [6.07, 6.45) is 6.06. The fourth-order valence-electron chi connectivity index (χ4n) is 2.57. The molecule has 1 N–H and O–H groups in total. The van der Waals surface area contributed by atoms with Crippen LogP contribution in [-0.4, -0.2) is 41.5 Å². The summed E-state index contributed by atoms with van der Waals surface area (Å²) in [5.74, 6) is 0.133. The summed E-state index contributed by atoms with van der Waals surface area (Å²) >= 11 is 0. The van der Waals surface area contributed by atoms with Crippen LogP contribution in [0.1, 0.15) is 33.7 Å². The second-order valence-electron chi connectivity index (χ2n) is 5.34. The van der Waals surface area contributed by atoms with Crippen LogP contribution in [0, 0.1) is 5.92 Å². The molecule has 0 bridgehead atoms. The number of piperidine rings is 1. The maximum absolute atomic E-state index is 12.2. The number of hydrogen-bond acceptors (Lipinski definition) is 5. The molecule has 0 spiro atoms. The van der Waals surface area contributed by atoms with E-state index >= 15 is 0 Å². The van der Waals surface area contributed by atoms with Crippen molar-refractivity contribution in [2.75, 3.05) is 19.6 Å². The number of amides is 2. The summed E-state index contributed by atoms with van der Waals surface area (Å²) < 4.78 is 9.58. The zero-order valence-electron chi connectivity index (χ0n) is 12.0. The fraction of sp³-hybridized carbons (Fsp3) is 0.400. The van der Waals surface area contributed by atoms with E-state index in [4.69, 9.17) is 4.42 Å². The van der Waals surface area contributed by atoms with Crippen LogP contribution in [0.2, 0.25) is 0 Å². The molecule has 0 radical (unpaired) electrons. The molecule has 22 heavy (non-hydrogen) atoms. The molecular formula is C15H17N3O4. The lowest BCUT2D eigenvalue weighted by Crippen LogP contribution is -2.41. The minimum absolute atomic E-state index is 0.00108. The first kappa shape index (κ1) is 14.4. The van der Waals surface area contributed by atoms with Gasteiger partial charge < -0.3 is 19.2 Å². The third-order valence-electron chi connectivity index (χ3n) is 3.89. The van der Waals surface area contributed by atoms with Crippen LogP contribution in [0.3, 0.4) is 0 Å². The summed E-state index contributed by atoms with van der Waals surface area (Å²) in [6.45, 7) is 1.96. The molecule has 7 nitrogen and oxygen atoms in total. The first-order valence-electron chi connectivity index (χ1n) is 7.24. The number of rotatable bonds is 4. The van der Waals surface area contributed by atoms with E-state index in [-0.39, 0.29) is 17.5 Å². The molecule has 3 heterocycles. The maximum Gasteiger partial charge on any atom is 0.273 e. The Bertz CT molecular complexity index is 613. The Labute approximate surface area is 127 Å². The number of carbonyl (C=O) groups excluding carboxylic acids is 2. The topological polar surface area (TPSA) is 88.6 Å². The molecule has 1 aliphatic heterocycles. The van der Waals surface area contributed by atoms with E-state index in [1.54, 1.807) is 6.07 Å². The predicted molar refractivity (Wildman–Crippen MR) is 76.2 cm³/mol. The number of furan rings is 1. The van der Waals surface area contributed by atoms with Crippen LogP contribution in [0.5, 0.6) is 0 Å². The lowest BCUT2D eigenvalue weighted by Gasteiger charge is -2.31. The number of hydrogen-bond donors (Lipinski definition) is 1. The third-order valence-corrected chi connectivity index (χ3v) is 3.89. The summed E-state index contributed by atoms with van der Waals surface area (Å²) in [5, 5.41) is 6.44. The van der Waals surface area contributed by atoms with Crippen molar-refractivity contribution >= 4 is 11.8 Å². The van der Waals surface area contributed by atoms with E-state index in [9.17, 15) is 9.59 Å². The third kappa shape index (κ3) is 3.19. The molecule has 0 aliphatic carbocycles. The van der Waals surface area contributed by atoms with Gasteiger partial charge in [-0.1, -0.05) is 5.16 Å². The van der Waals surface area contributed by atoms with Gasteiger partial charge in [0.25, 0.3) is 11.8 Å². The van der Waals surface area contributed by atoms with Gasteiger partial charge in [0, 0.05) is 25.7 Å². The first-order valence-corrected chi connectivity index (χ1v) is 7.24. The number of aromatic nitrogens is 1. The predicted octanol–water partition coefficient (Wildman–Crippen LogP) is 1.55. The molecule has 1 saturated heterocycles. The molecule has 0 aromatic carbocycles. The quantitative estimate of drug-likeness (QED) is 0.925. The van der Waals surface area contributed by atoms with Gasteiger partial charge >= 0.3 is 0 Å². The second kappa shape index (κ2) is 6.46. The van der Waals surface area contributed by atoms with Crippen molar-refractivity contribution in [2.45, 2.75) is 12.8 Å². The largest absolute Gasteiger partial charge is 0.472 e. The molecule has 7 heteroatoms. The Hall–Kier alpha value is -2.57. The van der Waals surface area contributed by atoms with Gasteiger partial charge in [0.15, 0.2) is 5.69 Å². The Morgan fingerprint density at radius 3 is 2.73 bits per heavy atom. The van der Waals surface area contributed by atoms with E-state index < -0.39 is 0 Å². The van der Waals surface area contributed by atoms with E-state index in [1.165, 1.54) is 24.9 Å². The number of carbonyl (C=O) groups is 2. The SMILES string of the molecule is O=C(NCC1CCN(C(=O)c2ccoc2)CC1)c1ccon1. The van der Waals surface area contributed by atoms with Gasteiger partial charge in [0.1, 0.15) is 12.5 Å². The lowest BCUT2D eigenvalue weighted by atomic mass is 9.96. The van der Waals surface area contributed by atoms with E-state index in [2.05, 4.69) is 15.0 Å². The van der Waals surface area contributed by atoms with Crippen LogP contribution in [0.25, 0.3) is 0 Å². The monoisotopic (exact) mass is 303 g/mol. The van der Waals surface area contributed by atoms with Gasteiger partial charge in [-0.25, -0.2) is 0 Å². The van der Waals surface area contributed by atoms with E-state index in [0.29, 0.717) is 31.1 Å². The Morgan fingerprint density at radius 1 is 1.27 bits per heavy atom. The standard InChI is InChI=1S/C15H17N3O4/c19-14(13-4-8-22-17-13)16-9-11-1-5-18(6-2-11)15(20)12-3-7-21-10-12/h3-4,7-8,10-11H,1-2,5-6,9H2,(H,16,19). The Kier molecular flexibility index (Phi) is 4.22. The van der Waals surface area contributed by atoms with E-state index in [1.807, 2.05) is 4.90 Å². The summed E-state index contributed by atoms with van der Waals surface area (Å²) in [4.78, 5) is 25.8. The highest BCUT2D eigenvalue weighted by Gasteiger charge is 2.24. The van der Waals surface area contributed by atoms with Crippen LogP contribution in [0.15, 0.2) is 39.9 Å². The highest BCUT2D eigenvalue weighted by atomic mass is 16.5. The maximum atomic E-state index is 12.2. The fourth-order valence-corrected chi connectivity index (χ4v) is 2.57. The molecule has 116 valence electrons. The van der Waals surface area contributed by atoms with Gasteiger partial charge in [0.2, 0.25) is 0 Å². The zero-order valence-corrected chi connectivity index (χ0v) is 12.0. The zero-order chi connectivity index (χ0) is 15.4. The average Bonchev–Trinajstić information content (AvgIpc) is 3.25. The smallest absolute Gasteiger partial charge is 0.273 e. The molecule has 2 aromatic rings. The molecule has 0 unspecified atom stereocenters. The molecule has 2 aromatic heterocycles. The van der Waals surface area contributed by atoms with Crippen molar-refractivity contribution in [1.82, 2.24) is 15.4 Å². The average molecular weight is 303 g/mol. The number of likely N-dealkylation sites (tertiary alicyclic amines) is 1. The van der Waals surface area contributed by atoms with Gasteiger partial charge in [-0.15, -0.1) is 0 Å². The van der Waals surface area contributed by atoms with Crippen molar-refractivity contribution in [3.05, 3.63) is 42.2 Å². The van der Waals surface area contributed by atoms with Crippen molar-refractivity contribution in [3.63, 3.8) is 0 Å². The van der Waals surface area contributed by atoms with E-state index in [0.717, 1.165) is 12.8 Å². The number of nitrogens with one attached hydrogen (secondary N) is 1. The van der Waals surface area contributed by atoms with Gasteiger partial charge in [-0.05, 0) is 24.8 Å². The molecule has 1 fully saturated rings.